The number of benzene rings is 4. The molecule has 0 N–H and O–H groups in total. The lowest BCUT2D eigenvalue weighted by Gasteiger charge is -2.37. The lowest BCUT2D eigenvalue weighted by atomic mass is 9.82. The minimum atomic E-state index is -0.994. The van der Waals surface area contributed by atoms with E-state index in [9.17, 15) is 4.79 Å². The highest BCUT2D eigenvalue weighted by Gasteiger charge is 2.39. The van der Waals surface area contributed by atoms with Crippen molar-refractivity contribution in [1.82, 2.24) is 0 Å². The highest BCUT2D eigenvalue weighted by atomic mass is 16.7. The maximum Gasteiger partial charge on any atom is 0.341 e. The average molecular weight is 537 g/mol. The summed E-state index contributed by atoms with van der Waals surface area (Å²) in [6.45, 7) is 7.53. The predicted octanol–water partition coefficient (Wildman–Crippen LogP) is 7.31. The van der Waals surface area contributed by atoms with E-state index in [1.807, 2.05) is 85.8 Å². The molecule has 0 aliphatic carbocycles. The Hall–Kier alpha value is -4.55. The number of esters is 1. The minimum Gasteiger partial charge on any atom is -0.497 e. The van der Waals surface area contributed by atoms with E-state index < -0.39 is 17.9 Å². The maximum atomic E-state index is 13.5. The number of fused-ring (bicyclic) bond motifs is 3. The molecular weight excluding hydrogens is 504 g/mol. The molecule has 4 aromatic rings. The third-order valence-electron chi connectivity index (χ3n) is 7.41. The van der Waals surface area contributed by atoms with Gasteiger partial charge in [-0.15, -0.1) is 0 Å². The Morgan fingerprint density at radius 1 is 0.900 bits per heavy atom. The number of carbonyl (C=O) groups is 1. The van der Waals surface area contributed by atoms with E-state index >= 15 is 0 Å². The van der Waals surface area contributed by atoms with Gasteiger partial charge in [0.1, 0.15) is 17.2 Å². The number of rotatable bonds is 8. The monoisotopic (exact) mass is 536 g/mol. The summed E-state index contributed by atoms with van der Waals surface area (Å²) in [5, 5.41) is 1.76. The van der Waals surface area contributed by atoms with Crippen LogP contribution in [0.15, 0.2) is 79.4 Å². The molecule has 0 saturated carbocycles. The van der Waals surface area contributed by atoms with E-state index in [1.165, 1.54) is 7.11 Å². The topological polar surface area (TPSA) is 63.2 Å². The third kappa shape index (κ3) is 4.61. The Morgan fingerprint density at radius 3 is 2.02 bits per heavy atom. The molecule has 0 spiro atoms. The Balaban J connectivity index is 1.79. The van der Waals surface area contributed by atoms with Crippen molar-refractivity contribution in [3.63, 3.8) is 0 Å². The molecule has 0 radical (unpaired) electrons. The van der Waals surface area contributed by atoms with Crippen LogP contribution in [0.4, 0.5) is 0 Å². The summed E-state index contributed by atoms with van der Waals surface area (Å²) >= 11 is 0. The summed E-state index contributed by atoms with van der Waals surface area (Å²) in [6.07, 6.45) is 5.01. The van der Waals surface area contributed by atoms with Crippen LogP contribution < -0.4 is 14.2 Å². The third-order valence-corrected chi connectivity index (χ3v) is 7.41. The molecule has 6 nitrogen and oxygen atoms in total. The smallest absolute Gasteiger partial charge is 0.341 e. The number of ether oxygens (including phenoxy) is 5. The van der Waals surface area contributed by atoms with E-state index in [2.05, 4.69) is 6.58 Å². The first-order valence-corrected chi connectivity index (χ1v) is 13.0. The predicted molar refractivity (Wildman–Crippen MR) is 157 cm³/mol. The van der Waals surface area contributed by atoms with Gasteiger partial charge in [-0.3, -0.25) is 0 Å². The molecule has 0 fully saturated rings. The minimum absolute atomic E-state index is 0.432. The SMILES string of the molecule is C=Cc1ccc2c3c(c(C(=O)OC(C)OC)c(C)c2c1)C=CC(c1ccc(OC)cc1)(c1ccc(OC)cc1)O3. The summed E-state index contributed by atoms with van der Waals surface area (Å²) < 4.78 is 28.7. The largest absolute Gasteiger partial charge is 0.497 e. The van der Waals surface area contributed by atoms with Crippen molar-refractivity contribution in [2.75, 3.05) is 21.3 Å². The van der Waals surface area contributed by atoms with Gasteiger partial charge in [-0.1, -0.05) is 49.1 Å². The molecule has 0 aromatic heterocycles. The van der Waals surface area contributed by atoms with Crippen molar-refractivity contribution >= 4 is 28.9 Å². The van der Waals surface area contributed by atoms with E-state index in [0.29, 0.717) is 16.9 Å². The van der Waals surface area contributed by atoms with Crippen LogP contribution in [0.25, 0.3) is 22.9 Å². The van der Waals surface area contributed by atoms with E-state index in [0.717, 1.165) is 44.5 Å². The molecule has 6 heteroatoms. The van der Waals surface area contributed by atoms with Gasteiger partial charge < -0.3 is 23.7 Å². The van der Waals surface area contributed by atoms with Gasteiger partial charge in [0.15, 0.2) is 11.9 Å². The van der Waals surface area contributed by atoms with Crippen LogP contribution in [0.3, 0.4) is 0 Å². The molecule has 0 bridgehead atoms. The molecule has 0 amide bonds. The lowest BCUT2D eigenvalue weighted by Crippen LogP contribution is -2.35. The second-order valence-electron chi connectivity index (χ2n) is 9.59. The Kier molecular flexibility index (Phi) is 7.37. The second kappa shape index (κ2) is 10.9. The van der Waals surface area contributed by atoms with Gasteiger partial charge >= 0.3 is 5.97 Å². The molecule has 40 heavy (non-hydrogen) atoms. The summed E-state index contributed by atoms with van der Waals surface area (Å²) in [6, 6.07) is 21.6. The van der Waals surface area contributed by atoms with Crippen LogP contribution >= 0.6 is 0 Å². The van der Waals surface area contributed by atoms with Crippen LogP contribution in [0.2, 0.25) is 0 Å². The molecular formula is C34H32O6. The van der Waals surface area contributed by atoms with Gasteiger partial charge in [-0.25, -0.2) is 4.79 Å². The van der Waals surface area contributed by atoms with Crippen LogP contribution in [-0.2, 0) is 15.1 Å². The summed E-state index contributed by atoms with van der Waals surface area (Å²) in [4.78, 5) is 13.5. The van der Waals surface area contributed by atoms with Gasteiger partial charge in [0.25, 0.3) is 0 Å². The molecule has 1 unspecified atom stereocenters. The maximum absolute atomic E-state index is 13.5. The van der Waals surface area contributed by atoms with Gasteiger partial charge in [0.2, 0.25) is 0 Å². The summed E-state index contributed by atoms with van der Waals surface area (Å²) in [5.74, 6) is 1.58. The molecule has 204 valence electrons. The van der Waals surface area contributed by atoms with E-state index in [-0.39, 0.29) is 0 Å². The molecule has 0 saturated heterocycles. The van der Waals surface area contributed by atoms with Crippen molar-refractivity contribution in [2.24, 2.45) is 0 Å². The molecule has 1 heterocycles. The molecule has 1 atom stereocenters. The molecule has 1 aliphatic rings. The zero-order valence-electron chi connectivity index (χ0n) is 23.3. The zero-order chi connectivity index (χ0) is 28.4. The van der Waals surface area contributed by atoms with Crippen molar-refractivity contribution in [3.8, 4) is 17.2 Å². The van der Waals surface area contributed by atoms with Crippen molar-refractivity contribution < 1.29 is 28.5 Å². The van der Waals surface area contributed by atoms with Gasteiger partial charge in [-0.2, -0.15) is 0 Å². The first-order chi connectivity index (χ1) is 19.3. The number of methoxy groups -OCH3 is 3. The quantitative estimate of drug-likeness (QED) is 0.174. The standard InChI is InChI=1S/C34H32O6/c1-7-23-8-17-28-30(20-23)21(2)31(33(35)39-22(3)36-4)29-18-19-34(40-32(28)29,24-9-13-26(37-5)14-10-24)25-11-15-27(38-6)16-12-25/h7-20,22H,1H2,2-6H3. The van der Waals surface area contributed by atoms with E-state index in [1.54, 1.807) is 27.2 Å². The Labute approximate surface area is 234 Å². The van der Waals surface area contributed by atoms with Gasteiger partial charge in [-0.05, 0) is 72.8 Å². The van der Waals surface area contributed by atoms with Gasteiger partial charge in [0, 0.05) is 29.2 Å². The highest BCUT2D eigenvalue weighted by Crippen LogP contribution is 2.48. The second-order valence-corrected chi connectivity index (χ2v) is 9.59. The first kappa shape index (κ1) is 27.0. The lowest BCUT2D eigenvalue weighted by molar-refractivity contribution is -0.0774. The van der Waals surface area contributed by atoms with Crippen LogP contribution in [0.1, 0.15) is 45.1 Å². The van der Waals surface area contributed by atoms with E-state index in [4.69, 9.17) is 23.7 Å². The average Bonchev–Trinajstić information content (AvgIpc) is 3.00. The van der Waals surface area contributed by atoms with Crippen molar-refractivity contribution in [1.29, 1.82) is 0 Å². The van der Waals surface area contributed by atoms with Gasteiger partial charge in [0.05, 0.1) is 19.8 Å². The van der Waals surface area contributed by atoms with Crippen molar-refractivity contribution in [2.45, 2.75) is 25.7 Å². The number of carbonyl (C=O) groups excluding carboxylic acids is 1. The van der Waals surface area contributed by atoms with Crippen LogP contribution in [-0.4, -0.2) is 33.6 Å². The fourth-order valence-corrected chi connectivity index (χ4v) is 5.13. The first-order valence-electron chi connectivity index (χ1n) is 13.0. The fraction of sp³-hybridized carbons (Fsp3) is 0.206. The zero-order valence-corrected chi connectivity index (χ0v) is 23.3. The summed E-state index contributed by atoms with van der Waals surface area (Å²) in [5.41, 5.74) is 3.61. The number of hydrogen-bond acceptors (Lipinski definition) is 6. The Morgan fingerprint density at radius 2 is 1.50 bits per heavy atom. The summed E-state index contributed by atoms with van der Waals surface area (Å²) in [7, 11) is 4.77. The normalized spacial score (nSPS) is 14.1. The molecule has 1 aliphatic heterocycles. The van der Waals surface area contributed by atoms with Crippen molar-refractivity contribution in [3.05, 3.63) is 113 Å². The highest BCUT2D eigenvalue weighted by molar-refractivity contribution is 6.07. The number of hydrogen-bond donors (Lipinski definition) is 0. The number of aryl methyl sites for hydroxylation is 1. The Bertz CT molecular complexity index is 1550. The molecule has 5 rings (SSSR count). The van der Waals surface area contributed by atoms with Crippen LogP contribution in [0, 0.1) is 6.92 Å². The van der Waals surface area contributed by atoms with Crippen LogP contribution in [0.5, 0.6) is 17.2 Å². The fourth-order valence-electron chi connectivity index (χ4n) is 5.13. The molecule has 4 aromatic carbocycles.